The molecule has 1 aliphatic rings. The van der Waals surface area contributed by atoms with Gasteiger partial charge in [0.05, 0.1) is 16.6 Å². The summed E-state index contributed by atoms with van der Waals surface area (Å²) in [5.41, 5.74) is 2.25. The molecule has 0 radical (unpaired) electrons. The van der Waals surface area contributed by atoms with Gasteiger partial charge in [-0.3, -0.25) is 10.1 Å². The van der Waals surface area contributed by atoms with E-state index in [2.05, 4.69) is 6.08 Å². The predicted molar refractivity (Wildman–Crippen MR) is 59.6 cm³/mol. The van der Waals surface area contributed by atoms with Gasteiger partial charge in [0, 0.05) is 12.1 Å². The molecule has 4 heteroatoms. The Kier molecular flexibility index (Phi) is 2.69. The molecule has 1 aliphatic carbocycles. The standard InChI is InChI=1S/C12H10N2O2/c13-8-9-5-11(10-3-1-2-4-10)7-12(6-9)14(15)16/h3,5-7H,1-2,4H2. The summed E-state index contributed by atoms with van der Waals surface area (Å²) in [6.45, 7) is 0. The van der Waals surface area contributed by atoms with E-state index >= 15 is 0 Å². The van der Waals surface area contributed by atoms with Crippen LogP contribution in [-0.4, -0.2) is 4.92 Å². The van der Waals surface area contributed by atoms with Gasteiger partial charge in [-0.2, -0.15) is 5.26 Å². The number of hydrogen-bond acceptors (Lipinski definition) is 3. The van der Waals surface area contributed by atoms with Crippen LogP contribution in [0.5, 0.6) is 0 Å². The molecule has 0 unspecified atom stereocenters. The highest BCUT2D eigenvalue weighted by atomic mass is 16.6. The highest BCUT2D eigenvalue weighted by Crippen LogP contribution is 2.30. The van der Waals surface area contributed by atoms with Gasteiger partial charge in [-0.25, -0.2) is 0 Å². The maximum atomic E-state index is 10.7. The van der Waals surface area contributed by atoms with Gasteiger partial charge in [-0.05, 0) is 36.5 Å². The average Bonchev–Trinajstić information content (AvgIpc) is 2.81. The van der Waals surface area contributed by atoms with Gasteiger partial charge >= 0.3 is 0 Å². The number of nitrogens with zero attached hydrogens (tertiary/aromatic N) is 2. The van der Waals surface area contributed by atoms with Gasteiger partial charge in [0.25, 0.3) is 5.69 Å². The molecule has 0 atom stereocenters. The van der Waals surface area contributed by atoms with E-state index in [1.807, 2.05) is 6.07 Å². The van der Waals surface area contributed by atoms with Crippen molar-refractivity contribution in [3.63, 3.8) is 0 Å². The van der Waals surface area contributed by atoms with Crippen molar-refractivity contribution in [3.8, 4) is 6.07 Å². The minimum atomic E-state index is -0.458. The molecule has 0 aromatic heterocycles. The van der Waals surface area contributed by atoms with E-state index in [4.69, 9.17) is 5.26 Å². The molecule has 4 nitrogen and oxygen atoms in total. The van der Waals surface area contributed by atoms with Crippen molar-refractivity contribution in [1.82, 2.24) is 0 Å². The lowest BCUT2D eigenvalue weighted by Crippen LogP contribution is -1.92. The van der Waals surface area contributed by atoms with Crippen LogP contribution >= 0.6 is 0 Å². The molecule has 0 heterocycles. The number of benzene rings is 1. The molecule has 0 spiro atoms. The summed E-state index contributed by atoms with van der Waals surface area (Å²) in [5, 5.41) is 19.5. The summed E-state index contributed by atoms with van der Waals surface area (Å²) in [5.74, 6) is 0. The van der Waals surface area contributed by atoms with Crippen LogP contribution in [0.1, 0.15) is 30.4 Å². The van der Waals surface area contributed by atoms with E-state index in [0.717, 1.165) is 30.4 Å². The fourth-order valence-electron chi connectivity index (χ4n) is 1.90. The molecule has 1 aromatic carbocycles. The Labute approximate surface area is 93.0 Å². The van der Waals surface area contributed by atoms with Crippen LogP contribution in [0.15, 0.2) is 24.3 Å². The summed E-state index contributed by atoms with van der Waals surface area (Å²) in [4.78, 5) is 10.3. The van der Waals surface area contributed by atoms with Crippen molar-refractivity contribution >= 4 is 11.3 Å². The van der Waals surface area contributed by atoms with Crippen molar-refractivity contribution < 1.29 is 4.92 Å². The largest absolute Gasteiger partial charge is 0.271 e. The summed E-state index contributed by atoms with van der Waals surface area (Å²) in [6, 6.07) is 6.51. The van der Waals surface area contributed by atoms with Crippen molar-refractivity contribution in [3.05, 3.63) is 45.5 Å². The number of non-ortho nitro benzene ring substituents is 1. The molecule has 0 saturated carbocycles. The summed E-state index contributed by atoms with van der Waals surface area (Å²) >= 11 is 0. The summed E-state index contributed by atoms with van der Waals surface area (Å²) < 4.78 is 0. The van der Waals surface area contributed by atoms with Crippen LogP contribution in [0.4, 0.5) is 5.69 Å². The van der Waals surface area contributed by atoms with Crippen molar-refractivity contribution in [2.24, 2.45) is 0 Å². The zero-order valence-electron chi connectivity index (χ0n) is 8.64. The van der Waals surface area contributed by atoms with Crippen LogP contribution in [-0.2, 0) is 0 Å². The topological polar surface area (TPSA) is 66.9 Å². The maximum Gasteiger partial charge on any atom is 0.271 e. The third-order valence-electron chi connectivity index (χ3n) is 2.67. The molecule has 0 bridgehead atoms. The number of allylic oxidation sites excluding steroid dienone is 2. The molecular formula is C12H10N2O2. The molecule has 0 N–H and O–H groups in total. The van der Waals surface area contributed by atoms with E-state index in [1.165, 1.54) is 12.1 Å². The first-order chi connectivity index (χ1) is 7.70. The monoisotopic (exact) mass is 214 g/mol. The Morgan fingerprint density at radius 3 is 2.75 bits per heavy atom. The molecule has 16 heavy (non-hydrogen) atoms. The third-order valence-corrected chi connectivity index (χ3v) is 2.67. The van der Waals surface area contributed by atoms with Crippen molar-refractivity contribution in [2.45, 2.75) is 19.3 Å². The molecule has 1 aromatic rings. The van der Waals surface area contributed by atoms with Crippen molar-refractivity contribution in [2.75, 3.05) is 0 Å². The number of rotatable bonds is 2. The Bertz CT molecular complexity index is 512. The van der Waals surface area contributed by atoms with E-state index in [-0.39, 0.29) is 5.69 Å². The first-order valence-electron chi connectivity index (χ1n) is 5.09. The summed E-state index contributed by atoms with van der Waals surface area (Å²) in [6.07, 6.45) is 5.12. The van der Waals surface area contributed by atoms with E-state index < -0.39 is 4.92 Å². The number of nitro groups is 1. The third kappa shape index (κ3) is 1.94. The fourth-order valence-corrected chi connectivity index (χ4v) is 1.90. The van der Waals surface area contributed by atoms with E-state index in [0.29, 0.717) is 5.56 Å². The first kappa shape index (κ1) is 10.4. The minimum absolute atomic E-state index is 0.0122. The molecule has 0 saturated heterocycles. The second kappa shape index (κ2) is 4.15. The average molecular weight is 214 g/mol. The van der Waals surface area contributed by atoms with Crippen LogP contribution in [0.2, 0.25) is 0 Å². The highest BCUT2D eigenvalue weighted by Gasteiger charge is 2.13. The van der Waals surface area contributed by atoms with Crippen LogP contribution < -0.4 is 0 Å². The lowest BCUT2D eigenvalue weighted by molar-refractivity contribution is -0.384. The normalized spacial score (nSPS) is 14.3. The second-order valence-electron chi connectivity index (χ2n) is 3.76. The predicted octanol–water partition coefficient (Wildman–Crippen LogP) is 3.03. The first-order valence-corrected chi connectivity index (χ1v) is 5.09. The smallest absolute Gasteiger partial charge is 0.258 e. The van der Waals surface area contributed by atoms with Crippen LogP contribution in [0, 0.1) is 21.4 Å². The Balaban J connectivity index is 2.49. The quantitative estimate of drug-likeness (QED) is 0.561. The van der Waals surface area contributed by atoms with Gasteiger partial charge in [0.15, 0.2) is 0 Å². The Morgan fingerprint density at radius 1 is 1.38 bits per heavy atom. The van der Waals surface area contributed by atoms with Gasteiger partial charge in [0.2, 0.25) is 0 Å². The summed E-state index contributed by atoms with van der Waals surface area (Å²) in [7, 11) is 0. The number of nitro benzene ring substituents is 1. The molecule has 0 fully saturated rings. The molecule has 0 amide bonds. The van der Waals surface area contributed by atoms with Gasteiger partial charge in [-0.15, -0.1) is 0 Å². The Hall–Kier alpha value is -2.15. The SMILES string of the molecule is N#Cc1cc(C2=CCCC2)cc([N+](=O)[O-])c1. The molecule has 0 aliphatic heterocycles. The van der Waals surface area contributed by atoms with Gasteiger partial charge in [-0.1, -0.05) is 6.08 Å². The lowest BCUT2D eigenvalue weighted by Gasteiger charge is -2.02. The fraction of sp³-hybridized carbons (Fsp3) is 0.250. The van der Waals surface area contributed by atoms with E-state index in [9.17, 15) is 10.1 Å². The molecule has 80 valence electrons. The number of nitriles is 1. The number of hydrogen-bond donors (Lipinski definition) is 0. The van der Waals surface area contributed by atoms with Gasteiger partial charge in [0.1, 0.15) is 0 Å². The highest BCUT2D eigenvalue weighted by molar-refractivity contribution is 5.70. The van der Waals surface area contributed by atoms with Crippen LogP contribution in [0.3, 0.4) is 0 Å². The van der Waals surface area contributed by atoms with Crippen molar-refractivity contribution in [1.29, 1.82) is 5.26 Å². The van der Waals surface area contributed by atoms with Crippen LogP contribution in [0.25, 0.3) is 5.57 Å². The van der Waals surface area contributed by atoms with Gasteiger partial charge < -0.3 is 0 Å². The molecule has 2 rings (SSSR count). The second-order valence-corrected chi connectivity index (χ2v) is 3.76. The zero-order valence-corrected chi connectivity index (χ0v) is 8.64. The maximum absolute atomic E-state index is 10.7. The molecular weight excluding hydrogens is 204 g/mol. The van der Waals surface area contributed by atoms with E-state index in [1.54, 1.807) is 6.07 Å². The Morgan fingerprint density at radius 2 is 2.19 bits per heavy atom. The zero-order chi connectivity index (χ0) is 11.5. The lowest BCUT2D eigenvalue weighted by atomic mass is 10.0. The minimum Gasteiger partial charge on any atom is -0.258 e.